The van der Waals surface area contributed by atoms with Gasteiger partial charge in [0.1, 0.15) is 11.2 Å². The van der Waals surface area contributed by atoms with Gasteiger partial charge in [0, 0.05) is 23.5 Å². The molecule has 0 fully saturated rings. The number of hydrogen-bond acceptors (Lipinski definition) is 5. The Kier molecular flexibility index (Phi) is 3.92. The number of nitrogen functional groups attached to an aromatic ring is 1. The molecule has 6 heteroatoms. The third kappa shape index (κ3) is 2.72. The molecule has 3 aromatic rings. The molecule has 0 atom stereocenters. The van der Waals surface area contributed by atoms with Crippen LogP contribution in [-0.4, -0.2) is 15.0 Å². The molecule has 0 saturated heterocycles. The SMILES string of the molecule is Cc1cccc(-c2nc(N)nc(Cl)c2-c2ccncc2)c1C#N. The van der Waals surface area contributed by atoms with E-state index in [1.54, 1.807) is 12.4 Å². The lowest BCUT2D eigenvalue weighted by Crippen LogP contribution is -2.02. The lowest BCUT2D eigenvalue weighted by atomic mass is 9.95. The molecule has 5 nitrogen and oxygen atoms in total. The van der Waals surface area contributed by atoms with Gasteiger partial charge in [0.05, 0.1) is 11.3 Å². The van der Waals surface area contributed by atoms with Gasteiger partial charge in [-0.05, 0) is 30.2 Å². The van der Waals surface area contributed by atoms with E-state index in [1.807, 2.05) is 37.3 Å². The predicted molar refractivity (Wildman–Crippen MR) is 89.6 cm³/mol. The second-order valence-corrected chi connectivity index (χ2v) is 5.30. The molecule has 2 aromatic heterocycles. The second-order valence-electron chi connectivity index (χ2n) is 4.94. The Morgan fingerprint density at radius 2 is 1.87 bits per heavy atom. The molecule has 23 heavy (non-hydrogen) atoms. The van der Waals surface area contributed by atoms with Crippen LogP contribution in [0.4, 0.5) is 5.95 Å². The number of halogens is 1. The normalized spacial score (nSPS) is 10.3. The Balaban J connectivity index is 2.37. The van der Waals surface area contributed by atoms with Crippen LogP contribution in [-0.2, 0) is 0 Å². The van der Waals surface area contributed by atoms with Gasteiger partial charge in [-0.15, -0.1) is 0 Å². The van der Waals surface area contributed by atoms with Gasteiger partial charge in [-0.25, -0.2) is 9.97 Å². The van der Waals surface area contributed by atoms with Crippen LogP contribution in [0.5, 0.6) is 0 Å². The number of hydrogen-bond donors (Lipinski definition) is 1. The number of pyridine rings is 1. The fraction of sp³-hybridized carbons (Fsp3) is 0.0588. The molecule has 0 bridgehead atoms. The molecular formula is C17H12ClN5. The first-order valence-electron chi connectivity index (χ1n) is 6.85. The number of nitrogens with two attached hydrogens (primary N) is 1. The monoisotopic (exact) mass is 321 g/mol. The molecule has 2 heterocycles. The van der Waals surface area contributed by atoms with E-state index in [2.05, 4.69) is 21.0 Å². The number of nitrogens with zero attached hydrogens (tertiary/aromatic N) is 4. The summed E-state index contributed by atoms with van der Waals surface area (Å²) >= 11 is 6.32. The van der Waals surface area contributed by atoms with Crippen molar-refractivity contribution in [1.29, 1.82) is 5.26 Å². The summed E-state index contributed by atoms with van der Waals surface area (Å²) in [5.74, 6) is 0.0632. The Labute approximate surface area is 138 Å². The maximum Gasteiger partial charge on any atom is 0.222 e. The Morgan fingerprint density at radius 3 is 2.57 bits per heavy atom. The van der Waals surface area contributed by atoms with Crippen molar-refractivity contribution >= 4 is 17.5 Å². The van der Waals surface area contributed by atoms with Crippen molar-refractivity contribution in [3.8, 4) is 28.5 Å². The van der Waals surface area contributed by atoms with E-state index in [0.29, 0.717) is 22.4 Å². The molecule has 0 aliphatic rings. The highest BCUT2D eigenvalue weighted by Gasteiger charge is 2.19. The molecule has 3 rings (SSSR count). The molecule has 112 valence electrons. The van der Waals surface area contributed by atoms with Crippen molar-refractivity contribution in [3.05, 3.63) is 59.0 Å². The van der Waals surface area contributed by atoms with Crippen LogP contribution in [0.25, 0.3) is 22.4 Å². The van der Waals surface area contributed by atoms with Gasteiger partial charge in [-0.1, -0.05) is 29.8 Å². The van der Waals surface area contributed by atoms with E-state index in [4.69, 9.17) is 17.3 Å². The zero-order valence-electron chi connectivity index (χ0n) is 12.3. The smallest absolute Gasteiger partial charge is 0.222 e. The minimum absolute atomic E-state index is 0.0632. The Morgan fingerprint density at radius 1 is 1.13 bits per heavy atom. The molecule has 2 N–H and O–H groups in total. The van der Waals surface area contributed by atoms with Crippen LogP contribution in [0.2, 0.25) is 5.15 Å². The molecule has 0 aliphatic carbocycles. The zero-order chi connectivity index (χ0) is 16.4. The van der Waals surface area contributed by atoms with Gasteiger partial charge in [-0.3, -0.25) is 4.98 Å². The number of aryl methyl sites for hydroxylation is 1. The fourth-order valence-electron chi connectivity index (χ4n) is 2.43. The van der Waals surface area contributed by atoms with Crippen molar-refractivity contribution in [2.45, 2.75) is 6.92 Å². The van der Waals surface area contributed by atoms with E-state index in [0.717, 1.165) is 11.1 Å². The van der Waals surface area contributed by atoms with Crippen LogP contribution in [0.15, 0.2) is 42.7 Å². The van der Waals surface area contributed by atoms with E-state index < -0.39 is 0 Å². The van der Waals surface area contributed by atoms with Crippen LogP contribution >= 0.6 is 11.6 Å². The van der Waals surface area contributed by atoms with Gasteiger partial charge < -0.3 is 5.73 Å². The van der Waals surface area contributed by atoms with E-state index in [9.17, 15) is 5.26 Å². The van der Waals surface area contributed by atoms with Crippen LogP contribution in [0, 0.1) is 18.3 Å². The molecule has 0 saturated carbocycles. The summed E-state index contributed by atoms with van der Waals surface area (Å²) in [6.07, 6.45) is 3.32. The Bertz CT molecular complexity index is 916. The highest BCUT2D eigenvalue weighted by atomic mass is 35.5. The predicted octanol–water partition coefficient (Wildman–Crippen LogP) is 3.62. The van der Waals surface area contributed by atoms with Crippen LogP contribution < -0.4 is 5.73 Å². The van der Waals surface area contributed by atoms with Crippen molar-refractivity contribution < 1.29 is 0 Å². The molecule has 0 unspecified atom stereocenters. The lowest BCUT2D eigenvalue weighted by Gasteiger charge is -2.13. The average molecular weight is 322 g/mol. The number of anilines is 1. The quantitative estimate of drug-likeness (QED) is 0.728. The van der Waals surface area contributed by atoms with Gasteiger partial charge in [-0.2, -0.15) is 5.26 Å². The first-order valence-corrected chi connectivity index (χ1v) is 7.23. The third-order valence-electron chi connectivity index (χ3n) is 3.49. The first kappa shape index (κ1) is 14.9. The highest BCUT2D eigenvalue weighted by Crippen LogP contribution is 2.37. The van der Waals surface area contributed by atoms with Crippen molar-refractivity contribution in [3.63, 3.8) is 0 Å². The molecule has 0 aliphatic heterocycles. The number of rotatable bonds is 2. The lowest BCUT2D eigenvalue weighted by molar-refractivity contribution is 1.18. The van der Waals surface area contributed by atoms with Crippen molar-refractivity contribution in [2.75, 3.05) is 5.73 Å². The van der Waals surface area contributed by atoms with Crippen LogP contribution in [0.3, 0.4) is 0 Å². The second kappa shape index (κ2) is 6.03. The maximum absolute atomic E-state index is 9.49. The minimum Gasteiger partial charge on any atom is -0.368 e. The van der Waals surface area contributed by atoms with Crippen LogP contribution in [0.1, 0.15) is 11.1 Å². The highest BCUT2D eigenvalue weighted by molar-refractivity contribution is 6.32. The summed E-state index contributed by atoms with van der Waals surface area (Å²) in [7, 11) is 0. The summed E-state index contributed by atoms with van der Waals surface area (Å²) in [6.45, 7) is 1.88. The Hall–Kier alpha value is -2.97. The number of benzene rings is 1. The van der Waals surface area contributed by atoms with Crippen molar-refractivity contribution in [2.24, 2.45) is 0 Å². The van der Waals surface area contributed by atoms with E-state index in [-0.39, 0.29) is 11.1 Å². The topological polar surface area (TPSA) is 88.5 Å². The summed E-state index contributed by atoms with van der Waals surface area (Å²) in [5, 5.41) is 9.73. The minimum atomic E-state index is 0.0632. The largest absolute Gasteiger partial charge is 0.368 e. The fourth-order valence-corrected chi connectivity index (χ4v) is 2.72. The van der Waals surface area contributed by atoms with Gasteiger partial charge in [0.25, 0.3) is 0 Å². The molecule has 0 amide bonds. The average Bonchev–Trinajstić information content (AvgIpc) is 2.54. The summed E-state index contributed by atoms with van der Waals surface area (Å²) in [5.41, 5.74) is 9.82. The third-order valence-corrected chi connectivity index (χ3v) is 3.76. The van der Waals surface area contributed by atoms with Gasteiger partial charge in [0.2, 0.25) is 5.95 Å². The summed E-state index contributed by atoms with van der Waals surface area (Å²) < 4.78 is 0. The standard InChI is InChI=1S/C17H12ClN5/c1-10-3-2-4-12(13(10)9-19)15-14(11-5-7-21-8-6-11)16(18)23-17(20)22-15/h2-8H,1H3,(H2,20,22,23). The summed E-state index contributed by atoms with van der Waals surface area (Å²) in [6, 6.07) is 11.4. The van der Waals surface area contributed by atoms with E-state index >= 15 is 0 Å². The zero-order valence-corrected chi connectivity index (χ0v) is 13.0. The first-order chi connectivity index (χ1) is 11.1. The van der Waals surface area contributed by atoms with Gasteiger partial charge in [0.15, 0.2) is 0 Å². The van der Waals surface area contributed by atoms with Crippen molar-refractivity contribution in [1.82, 2.24) is 15.0 Å². The van der Waals surface area contributed by atoms with E-state index in [1.165, 1.54) is 0 Å². The molecule has 1 aromatic carbocycles. The summed E-state index contributed by atoms with van der Waals surface area (Å²) in [4.78, 5) is 12.4. The number of aromatic nitrogens is 3. The molecular weight excluding hydrogens is 310 g/mol. The molecule has 0 radical (unpaired) electrons. The number of nitriles is 1. The molecule has 0 spiro atoms. The maximum atomic E-state index is 9.49. The van der Waals surface area contributed by atoms with Gasteiger partial charge >= 0.3 is 0 Å².